The predicted octanol–water partition coefficient (Wildman–Crippen LogP) is 5.31. The molecule has 3 heteroatoms. The molecule has 0 saturated heterocycles. The third-order valence-electron chi connectivity index (χ3n) is 4.27. The molecule has 1 N–H and O–H groups in total. The predicted molar refractivity (Wildman–Crippen MR) is 106 cm³/mol. The maximum absolute atomic E-state index is 11.7. The van der Waals surface area contributed by atoms with Crippen molar-refractivity contribution in [2.75, 3.05) is 27.2 Å². The zero-order chi connectivity index (χ0) is 17.9. The zero-order valence-corrected chi connectivity index (χ0v) is 16.6. The van der Waals surface area contributed by atoms with Crippen LogP contribution in [0.4, 0.5) is 0 Å². The van der Waals surface area contributed by atoms with Crippen LogP contribution in [0.5, 0.6) is 0 Å². The van der Waals surface area contributed by atoms with Crippen LogP contribution >= 0.6 is 0 Å². The first-order chi connectivity index (χ1) is 11.7. The number of nitrogens with zero attached hydrogens (tertiary/aromatic N) is 1. The number of carbonyl (C=O) groups excluding carboxylic acids is 1. The Morgan fingerprint density at radius 3 is 2.04 bits per heavy atom. The molecule has 0 bridgehead atoms. The zero-order valence-electron chi connectivity index (χ0n) is 16.6. The Labute approximate surface area is 151 Å². The second-order valence-electron chi connectivity index (χ2n) is 7.13. The van der Waals surface area contributed by atoms with Crippen LogP contribution in [0.1, 0.15) is 90.4 Å². The Bertz CT molecular complexity index is 300. The lowest BCUT2D eigenvalue weighted by molar-refractivity contribution is -0.121. The monoisotopic (exact) mass is 338 g/mol. The lowest BCUT2D eigenvalue weighted by atomic mass is 10.1. The summed E-state index contributed by atoms with van der Waals surface area (Å²) in [7, 11) is 4.12. The van der Waals surface area contributed by atoms with Crippen molar-refractivity contribution in [1.29, 1.82) is 0 Å². The largest absolute Gasteiger partial charge is 0.356 e. The Balaban J connectivity index is 3.21. The molecular formula is C21H42N2O. The topological polar surface area (TPSA) is 32.3 Å². The summed E-state index contributed by atoms with van der Waals surface area (Å²) in [5.41, 5.74) is 0. The average molecular weight is 339 g/mol. The summed E-state index contributed by atoms with van der Waals surface area (Å²) in [5.74, 6) is 0.222. The van der Waals surface area contributed by atoms with Crippen LogP contribution in [0.3, 0.4) is 0 Å². The third-order valence-corrected chi connectivity index (χ3v) is 4.27. The van der Waals surface area contributed by atoms with Gasteiger partial charge in [0.15, 0.2) is 0 Å². The van der Waals surface area contributed by atoms with E-state index in [1.165, 1.54) is 64.2 Å². The van der Waals surface area contributed by atoms with Gasteiger partial charge in [-0.1, -0.05) is 57.6 Å². The molecule has 0 atom stereocenters. The summed E-state index contributed by atoms with van der Waals surface area (Å²) in [5, 5.41) is 3.01. The van der Waals surface area contributed by atoms with Gasteiger partial charge in [-0.25, -0.2) is 0 Å². The van der Waals surface area contributed by atoms with Gasteiger partial charge in [-0.15, -0.1) is 0 Å². The van der Waals surface area contributed by atoms with Gasteiger partial charge in [-0.2, -0.15) is 0 Å². The number of carbonyl (C=O) groups is 1. The smallest absolute Gasteiger partial charge is 0.219 e. The first-order valence-corrected chi connectivity index (χ1v) is 10.2. The number of hydrogen-bond donors (Lipinski definition) is 1. The Morgan fingerprint density at radius 1 is 0.833 bits per heavy atom. The lowest BCUT2D eigenvalue weighted by Gasteiger charge is -2.09. The van der Waals surface area contributed by atoms with Gasteiger partial charge in [-0.3, -0.25) is 4.79 Å². The minimum absolute atomic E-state index is 0.222. The molecule has 0 aliphatic heterocycles. The maximum Gasteiger partial charge on any atom is 0.219 e. The van der Waals surface area contributed by atoms with Crippen molar-refractivity contribution in [3.63, 3.8) is 0 Å². The van der Waals surface area contributed by atoms with E-state index in [1.807, 2.05) is 0 Å². The number of rotatable bonds is 17. The number of unbranched alkanes of at least 4 members (excludes halogenated alkanes) is 9. The minimum Gasteiger partial charge on any atom is -0.356 e. The number of hydrogen-bond acceptors (Lipinski definition) is 2. The van der Waals surface area contributed by atoms with E-state index in [9.17, 15) is 4.79 Å². The molecule has 0 aromatic carbocycles. The van der Waals surface area contributed by atoms with E-state index in [0.717, 1.165) is 25.9 Å². The molecule has 0 rings (SSSR count). The number of allylic oxidation sites excluding steroid dienone is 2. The van der Waals surface area contributed by atoms with Crippen LogP contribution in [-0.2, 0) is 4.79 Å². The van der Waals surface area contributed by atoms with E-state index in [1.54, 1.807) is 0 Å². The van der Waals surface area contributed by atoms with Crippen molar-refractivity contribution in [3.8, 4) is 0 Å². The SMILES string of the molecule is CCCCCC/C=C\CCCCCCCC(=O)NCCCN(C)C. The molecule has 0 heterocycles. The van der Waals surface area contributed by atoms with Crippen LogP contribution in [0.2, 0.25) is 0 Å². The second-order valence-corrected chi connectivity index (χ2v) is 7.13. The standard InChI is InChI=1S/C21H42N2O/c1-4-5-6-7-8-9-10-11-12-13-14-15-16-18-21(24)22-19-17-20-23(2)3/h9-10H,4-8,11-20H2,1-3H3,(H,22,24)/b10-9-. The van der Waals surface area contributed by atoms with E-state index >= 15 is 0 Å². The molecule has 0 aromatic heterocycles. The van der Waals surface area contributed by atoms with Gasteiger partial charge in [0.05, 0.1) is 0 Å². The molecule has 0 aliphatic rings. The molecular weight excluding hydrogens is 296 g/mol. The molecule has 3 nitrogen and oxygen atoms in total. The fourth-order valence-electron chi connectivity index (χ4n) is 2.71. The van der Waals surface area contributed by atoms with Crippen LogP contribution in [-0.4, -0.2) is 38.0 Å². The van der Waals surface area contributed by atoms with E-state index in [2.05, 4.69) is 43.4 Å². The second kappa shape index (κ2) is 18.5. The fourth-order valence-corrected chi connectivity index (χ4v) is 2.71. The van der Waals surface area contributed by atoms with Crippen molar-refractivity contribution in [1.82, 2.24) is 10.2 Å². The van der Waals surface area contributed by atoms with Crippen LogP contribution < -0.4 is 5.32 Å². The molecule has 142 valence electrons. The van der Waals surface area contributed by atoms with Crippen molar-refractivity contribution in [3.05, 3.63) is 12.2 Å². The van der Waals surface area contributed by atoms with E-state index in [4.69, 9.17) is 0 Å². The van der Waals surface area contributed by atoms with Crippen LogP contribution in [0.15, 0.2) is 12.2 Å². The highest BCUT2D eigenvalue weighted by atomic mass is 16.1. The molecule has 24 heavy (non-hydrogen) atoms. The molecule has 0 saturated carbocycles. The van der Waals surface area contributed by atoms with Crippen LogP contribution in [0, 0.1) is 0 Å². The van der Waals surface area contributed by atoms with Gasteiger partial charge in [0, 0.05) is 13.0 Å². The van der Waals surface area contributed by atoms with E-state index < -0.39 is 0 Å². The van der Waals surface area contributed by atoms with Crippen molar-refractivity contribution >= 4 is 5.91 Å². The summed E-state index contributed by atoms with van der Waals surface area (Å²) < 4.78 is 0. The third kappa shape index (κ3) is 19.2. The highest BCUT2D eigenvalue weighted by molar-refractivity contribution is 5.75. The quantitative estimate of drug-likeness (QED) is 0.288. The first kappa shape index (κ1) is 23.2. The van der Waals surface area contributed by atoms with Crippen molar-refractivity contribution in [2.24, 2.45) is 0 Å². The summed E-state index contributed by atoms with van der Waals surface area (Å²) >= 11 is 0. The van der Waals surface area contributed by atoms with Crippen molar-refractivity contribution in [2.45, 2.75) is 90.4 Å². The normalized spacial score (nSPS) is 11.5. The number of nitrogens with one attached hydrogen (secondary N) is 1. The summed E-state index contributed by atoms with van der Waals surface area (Å²) in [6.45, 7) is 4.10. The van der Waals surface area contributed by atoms with Gasteiger partial charge in [0.25, 0.3) is 0 Å². The Hall–Kier alpha value is -0.830. The molecule has 0 aliphatic carbocycles. The van der Waals surface area contributed by atoms with Gasteiger partial charge < -0.3 is 10.2 Å². The maximum atomic E-state index is 11.7. The van der Waals surface area contributed by atoms with Gasteiger partial charge in [0.2, 0.25) is 5.91 Å². The van der Waals surface area contributed by atoms with E-state index in [-0.39, 0.29) is 5.91 Å². The Kier molecular flexibility index (Phi) is 17.9. The Morgan fingerprint density at radius 2 is 1.42 bits per heavy atom. The first-order valence-electron chi connectivity index (χ1n) is 10.2. The van der Waals surface area contributed by atoms with Gasteiger partial charge >= 0.3 is 0 Å². The van der Waals surface area contributed by atoms with Gasteiger partial charge in [0.1, 0.15) is 0 Å². The highest BCUT2D eigenvalue weighted by Gasteiger charge is 2.00. The highest BCUT2D eigenvalue weighted by Crippen LogP contribution is 2.08. The summed E-state index contributed by atoms with van der Waals surface area (Å²) in [4.78, 5) is 13.8. The average Bonchev–Trinajstić information content (AvgIpc) is 2.55. The lowest BCUT2D eigenvalue weighted by Crippen LogP contribution is -2.26. The number of amides is 1. The molecule has 0 fully saturated rings. The minimum atomic E-state index is 0.222. The summed E-state index contributed by atoms with van der Waals surface area (Å²) in [6.07, 6.45) is 20.4. The van der Waals surface area contributed by atoms with Gasteiger partial charge in [-0.05, 0) is 59.2 Å². The van der Waals surface area contributed by atoms with E-state index in [0.29, 0.717) is 6.42 Å². The molecule has 1 amide bonds. The molecule has 0 unspecified atom stereocenters. The molecule has 0 aromatic rings. The van der Waals surface area contributed by atoms with Crippen LogP contribution in [0.25, 0.3) is 0 Å². The molecule has 0 spiro atoms. The molecule has 0 radical (unpaired) electrons. The van der Waals surface area contributed by atoms with Crippen molar-refractivity contribution < 1.29 is 4.79 Å². The fraction of sp³-hybridized carbons (Fsp3) is 0.857. The summed E-state index contributed by atoms with van der Waals surface area (Å²) in [6, 6.07) is 0.